The number of anilines is 1. The zero-order valence-electron chi connectivity index (χ0n) is 24.3. The topological polar surface area (TPSA) is 69.0 Å². The zero-order valence-corrected chi connectivity index (χ0v) is 24.3. The van der Waals surface area contributed by atoms with Gasteiger partial charge in [-0.15, -0.1) is 0 Å². The molecule has 2 N–H and O–H groups in total. The first-order valence-corrected chi connectivity index (χ1v) is 14.9. The number of aromatic nitrogens is 1. The number of nitrogens with one attached hydrogen (secondary N) is 2. The lowest BCUT2D eigenvalue weighted by molar-refractivity contribution is 0.635. The summed E-state index contributed by atoms with van der Waals surface area (Å²) < 4.78 is 8.79. The number of benzene rings is 6. The Hall–Kier alpha value is -6.20. The molecule has 0 amide bonds. The van der Waals surface area contributed by atoms with Gasteiger partial charge in [0.15, 0.2) is 0 Å². The van der Waals surface area contributed by atoms with E-state index < -0.39 is 0 Å². The number of rotatable bonds is 5. The van der Waals surface area contributed by atoms with Crippen molar-refractivity contribution < 1.29 is 4.42 Å². The molecule has 0 saturated carbocycles. The standard InChI is InChI=1S/C40H28N4O/c41-39(28-15-6-2-7-16-28)44(31-18-8-3-9-19-31)40(42)30-17-12-20-32(25-30)43-34-22-11-10-21-33(34)37-35(43)24-23-29-26-36(45-38(29)37)27-13-4-1-5-14-27/h1-26,41-42H. The van der Waals surface area contributed by atoms with E-state index in [1.807, 2.05) is 97.1 Å². The summed E-state index contributed by atoms with van der Waals surface area (Å²) in [5, 5.41) is 21.7. The van der Waals surface area contributed by atoms with Crippen LogP contribution in [-0.4, -0.2) is 16.2 Å². The van der Waals surface area contributed by atoms with Gasteiger partial charge in [0.1, 0.15) is 23.0 Å². The van der Waals surface area contributed by atoms with E-state index in [0.717, 1.165) is 61.0 Å². The number of para-hydroxylation sites is 2. The minimum atomic E-state index is 0.221. The summed E-state index contributed by atoms with van der Waals surface area (Å²) in [5.74, 6) is 1.30. The van der Waals surface area contributed by atoms with Gasteiger partial charge in [0.05, 0.1) is 16.4 Å². The summed E-state index contributed by atoms with van der Waals surface area (Å²) in [6.45, 7) is 0. The van der Waals surface area contributed by atoms with Crippen molar-refractivity contribution in [3.63, 3.8) is 0 Å². The van der Waals surface area contributed by atoms with Gasteiger partial charge in [0.2, 0.25) is 0 Å². The molecule has 8 rings (SSSR count). The molecule has 0 unspecified atom stereocenters. The van der Waals surface area contributed by atoms with Gasteiger partial charge >= 0.3 is 0 Å². The number of fused-ring (bicyclic) bond motifs is 5. The summed E-state index contributed by atoms with van der Waals surface area (Å²) in [7, 11) is 0. The van der Waals surface area contributed by atoms with Crippen LogP contribution in [0.3, 0.4) is 0 Å². The fourth-order valence-electron chi connectivity index (χ4n) is 6.17. The van der Waals surface area contributed by atoms with Gasteiger partial charge in [-0.3, -0.25) is 15.7 Å². The van der Waals surface area contributed by atoms with Gasteiger partial charge in [0.25, 0.3) is 0 Å². The molecule has 0 saturated heterocycles. The van der Waals surface area contributed by atoms with Crippen LogP contribution in [0.5, 0.6) is 0 Å². The summed E-state index contributed by atoms with van der Waals surface area (Å²) >= 11 is 0. The van der Waals surface area contributed by atoms with Crippen molar-refractivity contribution in [3.05, 3.63) is 169 Å². The smallest absolute Gasteiger partial charge is 0.144 e. The molecule has 0 radical (unpaired) electrons. The average molecular weight is 581 g/mol. The highest BCUT2D eigenvalue weighted by molar-refractivity contribution is 6.27. The van der Waals surface area contributed by atoms with Crippen LogP contribution < -0.4 is 4.90 Å². The third-order valence-electron chi connectivity index (χ3n) is 8.26. The first kappa shape index (κ1) is 26.4. The van der Waals surface area contributed by atoms with Crippen LogP contribution >= 0.6 is 0 Å². The molecule has 0 aliphatic rings. The summed E-state index contributed by atoms with van der Waals surface area (Å²) in [6, 6.07) is 52.2. The molecule has 8 aromatic rings. The molecule has 2 heterocycles. The first-order chi connectivity index (χ1) is 22.2. The van der Waals surface area contributed by atoms with E-state index in [1.165, 1.54) is 0 Å². The molecule has 0 bridgehead atoms. The predicted molar refractivity (Wildman–Crippen MR) is 185 cm³/mol. The van der Waals surface area contributed by atoms with Crippen LogP contribution in [0.1, 0.15) is 11.1 Å². The number of amidine groups is 2. The van der Waals surface area contributed by atoms with Gasteiger partial charge in [0, 0.05) is 38.8 Å². The van der Waals surface area contributed by atoms with Crippen LogP contribution in [0, 0.1) is 10.8 Å². The zero-order chi connectivity index (χ0) is 30.3. The molecular formula is C40H28N4O. The largest absolute Gasteiger partial charge is 0.455 e. The first-order valence-electron chi connectivity index (χ1n) is 14.9. The number of furan rings is 1. The molecule has 0 atom stereocenters. The fourth-order valence-corrected chi connectivity index (χ4v) is 6.17. The van der Waals surface area contributed by atoms with Crippen molar-refractivity contribution in [1.29, 1.82) is 10.8 Å². The Morgan fingerprint density at radius 2 is 1.20 bits per heavy atom. The highest BCUT2D eigenvalue weighted by Crippen LogP contribution is 2.39. The Morgan fingerprint density at radius 1 is 0.556 bits per heavy atom. The van der Waals surface area contributed by atoms with Crippen molar-refractivity contribution in [2.75, 3.05) is 4.90 Å². The van der Waals surface area contributed by atoms with E-state index in [-0.39, 0.29) is 11.7 Å². The monoisotopic (exact) mass is 580 g/mol. The molecule has 6 aromatic carbocycles. The molecule has 0 spiro atoms. The number of nitrogens with zero attached hydrogens (tertiary/aromatic N) is 2. The normalized spacial score (nSPS) is 11.3. The van der Waals surface area contributed by atoms with Crippen molar-refractivity contribution in [3.8, 4) is 17.0 Å². The van der Waals surface area contributed by atoms with Crippen LogP contribution in [0.25, 0.3) is 49.8 Å². The highest BCUT2D eigenvalue weighted by Gasteiger charge is 2.22. The van der Waals surface area contributed by atoms with Gasteiger partial charge in [-0.25, -0.2) is 0 Å². The Bertz CT molecular complexity index is 2350. The van der Waals surface area contributed by atoms with Gasteiger partial charge < -0.3 is 8.98 Å². The molecule has 5 nitrogen and oxygen atoms in total. The lowest BCUT2D eigenvalue weighted by atomic mass is 10.1. The summed E-state index contributed by atoms with van der Waals surface area (Å²) in [6.07, 6.45) is 0. The molecular weight excluding hydrogens is 552 g/mol. The van der Waals surface area contributed by atoms with Crippen LogP contribution in [0.4, 0.5) is 5.69 Å². The second kappa shape index (κ2) is 10.8. The van der Waals surface area contributed by atoms with Crippen molar-refractivity contribution in [1.82, 2.24) is 4.57 Å². The molecule has 5 heteroatoms. The number of hydrogen-bond donors (Lipinski definition) is 2. The quantitative estimate of drug-likeness (QED) is 0.157. The third kappa shape index (κ3) is 4.50. The summed E-state index contributed by atoms with van der Waals surface area (Å²) in [4.78, 5) is 1.69. The minimum Gasteiger partial charge on any atom is -0.455 e. The van der Waals surface area contributed by atoms with Crippen LogP contribution in [0.2, 0.25) is 0 Å². The maximum absolute atomic E-state index is 9.41. The molecule has 2 aromatic heterocycles. The van der Waals surface area contributed by atoms with E-state index in [2.05, 4.69) is 65.2 Å². The van der Waals surface area contributed by atoms with Crippen LogP contribution in [0.15, 0.2) is 162 Å². The van der Waals surface area contributed by atoms with Crippen molar-refractivity contribution in [2.24, 2.45) is 0 Å². The van der Waals surface area contributed by atoms with E-state index in [0.29, 0.717) is 5.56 Å². The second-order valence-corrected chi connectivity index (χ2v) is 11.0. The third-order valence-corrected chi connectivity index (χ3v) is 8.26. The molecule has 0 aliphatic carbocycles. The SMILES string of the molecule is N=C(c1ccccc1)N(C(=N)c1cccc(-n2c3ccccc3c3c4oc(-c5ccccc5)cc4ccc32)c1)c1ccccc1. The molecule has 0 fully saturated rings. The Balaban J connectivity index is 1.28. The van der Waals surface area contributed by atoms with Gasteiger partial charge in [-0.05, 0) is 48.5 Å². The average Bonchev–Trinajstić information content (AvgIpc) is 3.69. The minimum absolute atomic E-state index is 0.221. The van der Waals surface area contributed by atoms with E-state index in [1.54, 1.807) is 4.90 Å². The van der Waals surface area contributed by atoms with Crippen molar-refractivity contribution in [2.45, 2.75) is 0 Å². The predicted octanol–water partition coefficient (Wildman–Crippen LogP) is 10.1. The maximum Gasteiger partial charge on any atom is 0.144 e. The maximum atomic E-state index is 9.41. The van der Waals surface area contributed by atoms with E-state index in [9.17, 15) is 5.41 Å². The lowest BCUT2D eigenvalue weighted by Crippen LogP contribution is -2.37. The fraction of sp³-hybridized carbons (Fsp3) is 0. The Labute approximate surface area is 260 Å². The second-order valence-electron chi connectivity index (χ2n) is 11.0. The lowest BCUT2D eigenvalue weighted by Gasteiger charge is -2.26. The highest BCUT2D eigenvalue weighted by atomic mass is 16.3. The molecule has 0 aliphatic heterocycles. The molecule has 214 valence electrons. The van der Waals surface area contributed by atoms with Gasteiger partial charge in [-0.2, -0.15) is 0 Å². The van der Waals surface area contributed by atoms with Crippen LogP contribution in [-0.2, 0) is 0 Å². The molecule has 45 heavy (non-hydrogen) atoms. The number of hydrogen-bond acceptors (Lipinski definition) is 3. The van der Waals surface area contributed by atoms with E-state index >= 15 is 0 Å². The van der Waals surface area contributed by atoms with Gasteiger partial charge in [-0.1, -0.05) is 109 Å². The van der Waals surface area contributed by atoms with E-state index in [4.69, 9.17) is 9.83 Å². The summed E-state index contributed by atoms with van der Waals surface area (Å²) in [5.41, 5.74) is 7.11. The van der Waals surface area contributed by atoms with Crippen molar-refractivity contribution >= 4 is 50.1 Å². The Kier molecular flexibility index (Phi) is 6.35. The Morgan fingerprint density at radius 3 is 1.98 bits per heavy atom.